The monoisotopic (exact) mass is 221 g/mol. The Labute approximate surface area is 76.4 Å². The Kier molecular flexibility index (Phi) is 4.73. The number of carbonyl (C=O) groups is 1. The van der Waals surface area contributed by atoms with E-state index >= 15 is 0 Å². The van der Waals surface area contributed by atoms with Crippen LogP contribution in [0.2, 0.25) is 0 Å². The summed E-state index contributed by atoms with van der Waals surface area (Å²) in [5.74, 6) is -0.217. The van der Waals surface area contributed by atoms with Gasteiger partial charge in [0.2, 0.25) is 0 Å². The summed E-state index contributed by atoms with van der Waals surface area (Å²) in [5, 5.41) is 0. The highest BCUT2D eigenvalue weighted by molar-refractivity contribution is 9.10. The summed E-state index contributed by atoms with van der Waals surface area (Å²) in [5.41, 5.74) is 0. The molecule has 0 aromatic heterocycles. The number of alkyl halides is 1. The first-order valence-electron chi connectivity index (χ1n) is 3.64. The Morgan fingerprint density at radius 2 is 2.18 bits per heavy atom. The molecular formula is C8H14BrO2. The van der Waals surface area contributed by atoms with Crippen LogP contribution < -0.4 is 0 Å². The molecule has 65 valence electrons. The highest BCUT2D eigenvalue weighted by Crippen LogP contribution is 2.17. The van der Waals surface area contributed by atoms with Crippen LogP contribution in [0.5, 0.6) is 0 Å². The van der Waals surface area contributed by atoms with Crippen LogP contribution in [-0.2, 0) is 9.53 Å². The van der Waals surface area contributed by atoms with E-state index in [2.05, 4.69) is 22.9 Å². The molecule has 0 aliphatic heterocycles. The van der Waals surface area contributed by atoms with E-state index in [1.54, 1.807) is 13.8 Å². The van der Waals surface area contributed by atoms with Gasteiger partial charge in [-0.05, 0) is 20.3 Å². The summed E-state index contributed by atoms with van der Waals surface area (Å²) in [7, 11) is 0. The van der Waals surface area contributed by atoms with Gasteiger partial charge in [-0.15, -0.1) is 0 Å². The fourth-order valence-electron chi connectivity index (χ4n) is 0.439. The van der Waals surface area contributed by atoms with E-state index in [9.17, 15) is 4.79 Å². The predicted molar refractivity (Wildman–Crippen MR) is 48.6 cm³/mol. The van der Waals surface area contributed by atoms with Gasteiger partial charge < -0.3 is 4.74 Å². The standard InChI is InChI=1S/C8H14BrO2/c1-4-5-6-11-7(10)8(2,3)9/h1,4-6H2,2-3H3. The third-order valence-electron chi connectivity index (χ3n) is 1.11. The largest absolute Gasteiger partial charge is 0.465 e. The first-order chi connectivity index (χ1) is 4.98. The molecule has 0 aromatic rings. The lowest BCUT2D eigenvalue weighted by Crippen LogP contribution is -2.26. The molecule has 0 unspecified atom stereocenters. The summed E-state index contributed by atoms with van der Waals surface area (Å²) in [6, 6.07) is 0. The number of ether oxygens (including phenoxy) is 1. The number of esters is 1. The van der Waals surface area contributed by atoms with Gasteiger partial charge in [0.1, 0.15) is 4.32 Å². The van der Waals surface area contributed by atoms with Crippen LogP contribution in [0.4, 0.5) is 0 Å². The molecule has 1 radical (unpaired) electrons. The van der Waals surface area contributed by atoms with Gasteiger partial charge in [0.15, 0.2) is 0 Å². The number of hydrogen-bond acceptors (Lipinski definition) is 2. The SMILES string of the molecule is [CH2]CCCOC(=O)C(C)(C)Br. The van der Waals surface area contributed by atoms with Crippen molar-refractivity contribution < 1.29 is 9.53 Å². The van der Waals surface area contributed by atoms with Crippen LogP contribution in [0, 0.1) is 6.92 Å². The van der Waals surface area contributed by atoms with E-state index in [0.29, 0.717) is 6.61 Å². The van der Waals surface area contributed by atoms with Crippen molar-refractivity contribution >= 4 is 21.9 Å². The van der Waals surface area contributed by atoms with E-state index in [1.807, 2.05) is 0 Å². The summed E-state index contributed by atoms with van der Waals surface area (Å²) < 4.78 is 4.36. The average Bonchev–Trinajstić information content (AvgIpc) is 1.86. The molecule has 0 aromatic carbocycles. The first kappa shape index (κ1) is 11.0. The zero-order valence-corrected chi connectivity index (χ0v) is 8.61. The second kappa shape index (κ2) is 4.75. The molecule has 3 heteroatoms. The molecule has 0 N–H and O–H groups in total. The Hall–Kier alpha value is -0.0500. The Morgan fingerprint density at radius 1 is 1.64 bits per heavy atom. The molecule has 0 amide bonds. The summed E-state index contributed by atoms with van der Waals surface area (Å²) in [4.78, 5) is 11.0. The highest BCUT2D eigenvalue weighted by atomic mass is 79.9. The number of hydrogen-bond donors (Lipinski definition) is 0. The third kappa shape index (κ3) is 5.24. The Morgan fingerprint density at radius 3 is 2.55 bits per heavy atom. The first-order valence-corrected chi connectivity index (χ1v) is 4.43. The van der Waals surface area contributed by atoms with Gasteiger partial charge in [-0.2, -0.15) is 0 Å². The molecule has 0 saturated heterocycles. The van der Waals surface area contributed by atoms with Gasteiger partial charge in [0, 0.05) is 0 Å². The molecular weight excluding hydrogens is 208 g/mol. The second-order valence-corrected chi connectivity index (χ2v) is 4.80. The van der Waals surface area contributed by atoms with Crippen LogP contribution in [0.3, 0.4) is 0 Å². The number of unbranched alkanes of at least 4 members (excludes halogenated alkanes) is 1. The molecule has 0 bridgehead atoms. The molecule has 2 nitrogen and oxygen atoms in total. The van der Waals surface area contributed by atoms with Crippen LogP contribution >= 0.6 is 15.9 Å². The van der Waals surface area contributed by atoms with Crippen LogP contribution in [0.25, 0.3) is 0 Å². The summed E-state index contributed by atoms with van der Waals surface area (Å²) in [6.45, 7) is 7.64. The Bertz CT molecular complexity index is 127. The van der Waals surface area contributed by atoms with Gasteiger partial charge in [0.25, 0.3) is 0 Å². The quantitative estimate of drug-likeness (QED) is 0.414. The predicted octanol–water partition coefficient (Wildman–Crippen LogP) is 2.32. The van der Waals surface area contributed by atoms with Crippen LogP contribution in [0.1, 0.15) is 26.7 Å². The van der Waals surface area contributed by atoms with Gasteiger partial charge in [0.05, 0.1) is 6.61 Å². The van der Waals surface area contributed by atoms with E-state index < -0.39 is 4.32 Å². The van der Waals surface area contributed by atoms with E-state index in [0.717, 1.165) is 12.8 Å². The van der Waals surface area contributed by atoms with Crippen molar-refractivity contribution in [2.45, 2.75) is 31.0 Å². The number of rotatable bonds is 4. The minimum atomic E-state index is -0.561. The number of carbonyl (C=O) groups excluding carboxylic acids is 1. The molecule has 0 aliphatic rings. The lowest BCUT2D eigenvalue weighted by molar-refractivity contribution is -0.145. The van der Waals surface area contributed by atoms with Gasteiger partial charge >= 0.3 is 5.97 Å². The van der Waals surface area contributed by atoms with Gasteiger partial charge in [-0.1, -0.05) is 29.3 Å². The fourth-order valence-corrected chi connectivity index (χ4v) is 0.553. The van der Waals surface area contributed by atoms with Gasteiger partial charge in [-0.25, -0.2) is 0 Å². The minimum absolute atomic E-state index is 0.217. The maximum Gasteiger partial charge on any atom is 0.322 e. The average molecular weight is 222 g/mol. The summed E-state index contributed by atoms with van der Waals surface area (Å²) >= 11 is 3.21. The van der Waals surface area contributed by atoms with Crippen molar-refractivity contribution in [2.24, 2.45) is 0 Å². The topological polar surface area (TPSA) is 26.3 Å². The van der Waals surface area contributed by atoms with Crippen LogP contribution in [0.15, 0.2) is 0 Å². The smallest absolute Gasteiger partial charge is 0.322 e. The molecule has 0 spiro atoms. The van der Waals surface area contributed by atoms with E-state index in [1.165, 1.54) is 0 Å². The molecule has 11 heavy (non-hydrogen) atoms. The van der Waals surface area contributed by atoms with Crippen molar-refractivity contribution in [1.82, 2.24) is 0 Å². The molecule has 0 aliphatic carbocycles. The van der Waals surface area contributed by atoms with E-state index in [4.69, 9.17) is 4.74 Å². The fraction of sp³-hybridized carbons (Fsp3) is 0.750. The van der Waals surface area contributed by atoms with E-state index in [-0.39, 0.29) is 5.97 Å². The van der Waals surface area contributed by atoms with Crippen molar-refractivity contribution in [3.63, 3.8) is 0 Å². The second-order valence-electron chi connectivity index (χ2n) is 2.82. The molecule has 0 atom stereocenters. The molecule has 0 heterocycles. The number of halogens is 1. The van der Waals surface area contributed by atoms with Crippen LogP contribution in [-0.4, -0.2) is 16.9 Å². The minimum Gasteiger partial charge on any atom is -0.465 e. The summed E-state index contributed by atoms with van der Waals surface area (Å²) in [6.07, 6.45) is 1.63. The third-order valence-corrected chi connectivity index (χ3v) is 1.44. The lowest BCUT2D eigenvalue weighted by Gasteiger charge is -2.14. The van der Waals surface area contributed by atoms with Crippen molar-refractivity contribution in [2.75, 3.05) is 6.61 Å². The lowest BCUT2D eigenvalue weighted by atomic mass is 10.2. The zero-order valence-electron chi connectivity index (χ0n) is 7.02. The maximum atomic E-state index is 11.0. The highest BCUT2D eigenvalue weighted by Gasteiger charge is 2.24. The molecule has 0 saturated carbocycles. The van der Waals surface area contributed by atoms with Crippen molar-refractivity contribution in [3.05, 3.63) is 6.92 Å². The maximum absolute atomic E-state index is 11.0. The molecule has 0 rings (SSSR count). The van der Waals surface area contributed by atoms with Gasteiger partial charge in [-0.3, -0.25) is 4.79 Å². The normalized spacial score (nSPS) is 11.3. The van der Waals surface area contributed by atoms with Crippen molar-refractivity contribution in [1.29, 1.82) is 0 Å². The van der Waals surface area contributed by atoms with Crippen molar-refractivity contribution in [3.8, 4) is 0 Å². The molecule has 0 fully saturated rings. The zero-order chi connectivity index (χ0) is 8.91. The Balaban J connectivity index is 3.54.